The summed E-state index contributed by atoms with van der Waals surface area (Å²) in [6, 6.07) is 13.6. The molecular weight excluding hydrogens is 370 g/mol. The van der Waals surface area contributed by atoms with Crippen LogP contribution in [0.5, 0.6) is 0 Å². The molecule has 3 aromatic rings. The largest absolute Gasteiger partial charge is 0.449 e. The number of amides is 1. The van der Waals surface area contributed by atoms with Crippen molar-refractivity contribution in [2.45, 2.75) is 19.6 Å². The molecule has 2 aromatic carbocycles. The predicted octanol–water partition coefficient (Wildman–Crippen LogP) is 3.25. The normalized spacial score (nSPS) is 11.6. The molecule has 0 aliphatic heterocycles. The lowest BCUT2D eigenvalue weighted by Gasteiger charge is -2.14. The van der Waals surface area contributed by atoms with Crippen LogP contribution >= 0.6 is 11.6 Å². The number of carbonyl (C=O) groups is 2. The quantitative estimate of drug-likeness (QED) is 0.654. The van der Waals surface area contributed by atoms with Crippen molar-refractivity contribution >= 4 is 23.5 Å². The Morgan fingerprint density at radius 2 is 1.93 bits per heavy atom. The highest BCUT2D eigenvalue weighted by atomic mass is 35.5. The van der Waals surface area contributed by atoms with E-state index < -0.39 is 18.0 Å². The molecule has 0 saturated carbocycles. The summed E-state index contributed by atoms with van der Waals surface area (Å²) in [7, 11) is 0. The van der Waals surface area contributed by atoms with Gasteiger partial charge in [0.15, 0.2) is 6.10 Å². The van der Waals surface area contributed by atoms with Crippen molar-refractivity contribution in [2.75, 3.05) is 0 Å². The fourth-order valence-corrected chi connectivity index (χ4v) is 2.50. The molecular formula is C19H16ClN3O4. The van der Waals surface area contributed by atoms with Crippen LogP contribution in [-0.2, 0) is 16.1 Å². The first kappa shape index (κ1) is 18.6. The first-order valence-electron chi connectivity index (χ1n) is 8.13. The maximum atomic E-state index is 12.2. The average Bonchev–Trinajstić information content (AvgIpc) is 3.22. The topological polar surface area (TPSA) is 94.3 Å². The number of esters is 1. The molecule has 7 nitrogen and oxygen atoms in total. The maximum Gasteiger partial charge on any atom is 0.338 e. The maximum absolute atomic E-state index is 12.2. The van der Waals surface area contributed by atoms with E-state index in [-0.39, 0.29) is 6.54 Å². The molecule has 0 fully saturated rings. The molecule has 0 bridgehead atoms. The van der Waals surface area contributed by atoms with Crippen molar-refractivity contribution in [3.63, 3.8) is 0 Å². The summed E-state index contributed by atoms with van der Waals surface area (Å²) < 4.78 is 10.3. The highest BCUT2D eigenvalue weighted by Crippen LogP contribution is 2.17. The minimum atomic E-state index is -0.949. The molecule has 0 radical (unpaired) electrons. The van der Waals surface area contributed by atoms with Crippen LogP contribution in [0, 0.1) is 0 Å². The Bertz CT molecular complexity index is 926. The smallest absolute Gasteiger partial charge is 0.338 e. The standard InChI is InChI=1S/C19H16ClN3O4/c1-12(17(24)21-10-15-4-2-3-5-16(15)20)27-19(25)14-8-6-13(7-9-14)18-23-22-11-26-18/h2-9,11-12H,10H2,1H3,(H,21,24)/t12-/m0/s1. The molecule has 1 amide bonds. The molecule has 0 aliphatic rings. The summed E-state index contributed by atoms with van der Waals surface area (Å²) in [5, 5.41) is 10.6. The van der Waals surface area contributed by atoms with E-state index in [1.807, 2.05) is 18.2 Å². The molecule has 0 spiro atoms. The Kier molecular flexibility index (Phi) is 5.83. The van der Waals surface area contributed by atoms with E-state index in [0.29, 0.717) is 22.0 Å². The van der Waals surface area contributed by atoms with Gasteiger partial charge in [-0.3, -0.25) is 4.79 Å². The van der Waals surface area contributed by atoms with E-state index in [1.165, 1.54) is 13.3 Å². The van der Waals surface area contributed by atoms with Crippen LogP contribution in [-0.4, -0.2) is 28.2 Å². The highest BCUT2D eigenvalue weighted by molar-refractivity contribution is 6.31. The molecule has 27 heavy (non-hydrogen) atoms. The summed E-state index contributed by atoms with van der Waals surface area (Å²) >= 11 is 6.05. The van der Waals surface area contributed by atoms with Crippen LogP contribution in [0.1, 0.15) is 22.8 Å². The second-order valence-corrected chi connectivity index (χ2v) is 6.09. The van der Waals surface area contributed by atoms with Gasteiger partial charge in [-0.15, -0.1) is 10.2 Å². The minimum Gasteiger partial charge on any atom is -0.449 e. The Morgan fingerprint density at radius 1 is 1.19 bits per heavy atom. The highest BCUT2D eigenvalue weighted by Gasteiger charge is 2.19. The third-order valence-electron chi connectivity index (χ3n) is 3.79. The molecule has 8 heteroatoms. The van der Waals surface area contributed by atoms with Gasteiger partial charge < -0.3 is 14.5 Å². The van der Waals surface area contributed by atoms with Crippen LogP contribution in [0.4, 0.5) is 0 Å². The molecule has 0 aliphatic carbocycles. The third-order valence-corrected chi connectivity index (χ3v) is 4.16. The molecule has 3 rings (SSSR count). The van der Waals surface area contributed by atoms with Crippen molar-refractivity contribution in [3.8, 4) is 11.5 Å². The van der Waals surface area contributed by atoms with E-state index in [0.717, 1.165) is 5.56 Å². The molecule has 1 heterocycles. The van der Waals surface area contributed by atoms with Crippen molar-refractivity contribution in [1.82, 2.24) is 15.5 Å². The molecule has 1 atom stereocenters. The minimum absolute atomic E-state index is 0.249. The van der Waals surface area contributed by atoms with Crippen LogP contribution in [0.3, 0.4) is 0 Å². The zero-order valence-electron chi connectivity index (χ0n) is 14.4. The summed E-state index contributed by atoms with van der Waals surface area (Å²) in [5.41, 5.74) is 1.77. The average molecular weight is 386 g/mol. The lowest BCUT2D eigenvalue weighted by atomic mass is 10.1. The Morgan fingerprint density at radius 3 is 2.59 bits per heavy atom. The van der Waals surface area contributed by atoms with Crippen LogP contribution < -0.4 is 5.32 Å². The van der Waals surface area contributed by atoms with E-state index in [1.54, 1.807) is 30.3 Å². The zero-order chi connectivity index (χ0) is 19.2. The van der Waals surface area contributed by atoms with Gasteiger partial charge in [0.25, 0.3) is 5.91 Å². The number of hydrogen-bond acceptors (Lipinski definition) is 6. The lowest BCUT2D eigenvalue weighted by molar-refractivity contribution is -0.129. The van der Waals surface area contributed by atoms with Gasteiger partial charge in [-0.05, 0) is 42.8 Å². The van der Waals surface area contributed by atoms with Gasteiger partial charge in [-0.25, -0.2) is 4.79 Å². The van der Waals surface area contributed by atoms with Crippen molar-refractivity contribution in [3.05, 3.63) is 71.1 Å². The monoisotopic (exact) mass is 385 g/mol. The molecule has 138 valence electrons. The number of nitrogens with one attached hydrogen (secondary N) is 1. The first-order valence-corrected chi connectivity index (χ1v) is 8.51. The van der Waals surface area contributed by atoms with Crippen molar-refractivity contribution in [2.24, 2.45) is 0 Å². The van der Waals surface area contributed by atoms with Gasteiger partial charge in [0.05, 0.1) is 5.56 Å². The Hall–Kier alpha value is -3.19. The van der Waals surface area contributed by atoms with Gasteiger partial charge in [-0.2, -0.15) is 0 Å². The summed E-state index contributed by atoms with van der Waals surface area (Å²) in [6.45, 7) is 1.76. The number of nitrogens with zero attached hydrogens (tertiary/aromatic N) is 2. The second-order valence-electron chi connectivity index (χ2n) is 5.68. The first-order chi connectivity index (χ1) is 13.0. The number of carbonyl (C=O) groups excluding carboxylic acids is 2. The molecule has 1 aromatic heterocycles. The van der Waals surface area contributed by atoms with E-state index in [4.69, 9.17) is 20.8 Å². The van der Waals surface area contributed by atoms with Crippen molar-refractivity contribution in [1.29, 1.82) is 0 Å². The summed E-state index contributed by atoms with van der Waals surface area (Å²) in [5.74, 6) is -0.666. The van der Waals surface area contributed by atoms with Gasteiger partial charge in [-0.1, -0.05) is 29.8 Å². The summed E-state index contributed by atoms with van der Waals surface area (Å²) in [4.78, 5) is 24.4. The number of hydrogen-bond donors (Lipinski definition) is 1. The van der Waals surface area contributed by atoms with Crippen molar-refractivity contribution < 1.29 is 18.7 Å². The Balaban J connectivity index is 1.55. The number of ether oxygens (including phenoxy) is 1. The van der Waals surface area contributed by atoms with Gasteiger partial charge in [0, 0.05) is 17.1 Å². The number of halogens is 1. The van der Waals surface area contributed by atoms with E-state index in [2.05, 4.69) is 15.5 Å². The van der Waals surface area contributed by atoms with Gasteiger partial charge in [0.2, 0.25) is 12.3 Å². The molecule has 0 unspecified atom stereocenters. The van der Waals surface area contributed by atoms with Gasteiger partial charge >= 0.3 is 5.97 Å². The fourth-order valence-electron chi connectivity index (χ4n) is 2.30. The van der Waals surface area contributed by atoms with Crippen LogP contribution in [0.15, 0.2) is 59.3 Å². The SMILES string of the molecule is C[C@H](OC(=O)c1ccc(-c2nnco2)cc1)C(=O)NCc1ccccc1Cl. The molecule has 0 saturated heterocycles. The van der Waals surface area contributed by atoms with E-state index >= 15 is 0 Å². The second kappa shape index (κ2) is 8.46. The Labute approximate surface area is 160 Å². The lowest BCUT2D eigenvalue weighted by Crippen LogP contribution is -2.35. The molecule has 1 N–H and O–H groups in total. The summed E-state index contributed by atoms with van der Waals surface area (Å²) in [6.07, 6.45) is 0.274. The predicted molar refractivity (Wildman–Crippen MR) is 97.9 cm³/mol. The third kappa shape index (κ3) is 4.71. The number of aromatic nitrogens is 2. The van der Waals surface area contributed by atoms with E-state index in [9.17, 15) is 9.59 Å². The van der Waals surface area contributed by atoms with Crippen LogP contribution in [0.25, 0.3) is 11.5 Å². The van der Waals surface area contributed by atoms with Crippen LogP contribution in [0.2, 0.25) is 5.02 Å². The van der Waals surface area contributed by atoms with Gasteiger partial charge in [0.1, 0.15) is 0 Å². The zero-order valence-corrected chi connectivity index (χ0v) is 15.1. The number of benzene rings is 2. The fraction of sp³-hybridized carbons (Fsp3) is 0.158. The number of rotatable bonds is 6.